The largest absolute Gasteiger partial charge is 0.373 e. The molecule has 0 bridgehead atoms. The summed E-state index contributed by atoms with van der Waals surface area (Å²) in [7, 11) is 0. The summed E-state index contributed by atoms with van der Waals surface area (Å²) in [6.07, 6.45) is 0. The second-order valence-electron chi connectivity index (χ2n) is 4.94. The molecule has 1 rings (SSSR count). The number of nitrogens with one attached hydrogen (secondary N) is 1. The van der Waals surface area contributed by atoms with E-state index in [-0.39, 0.29) is 27.4 Å². The summed E-state index contributed by atoms with van der Waals surface area (Å²) in [5.74, 6) is -0.351. The van der Waals surface area contributed by atoms with E-state index in [0.717, 1.165) is 6.07 Å². The number of rotatable bonds is 5. The number of nitrogens with two attached hydrogens (primary N) is 1. The molecule has 0 saturated heterocycles. The number of hydrogen-bond acceptors (Lipinski definition) is 4. The van der Waals surface area contributed by atoms with Crippen molar-refractivity contribution in [2.45, 2.75) is 26.3 Å². The van der Waals surface area contributed by atoms with Gasteiger partial charge in [-0.05, 0) is 35.4 Å². The molecule has 1 aromatic carbocycles. The third-order valence-corrected chi connectivity index (χ3v) is 4.18. The maximum absolute atomic E-state index is 13.6. The molecule has 0 aliphatic heterocycles. The fourth-order valence-electron chi connectivity index (χ4n) is 1.53. The lowest BCUT2D eigenvalue weighted by atomic mass is 9.88. The van der Waals surface area contributed by atoms with Gasteiger partial charge in [-0.15, -0.1) is 0 Å². The molecule has 0 aromatic heterocycles. The molecule has 0 radical (unpaired) electrons. The highest BCUT2D eigenvalue weighted by molar-refractivity contribution is 14.1. The van der Waals surface area contributed by atoms with Crippen LogP contribution in [0.25, 0.3) is 0 Å². The fraction of sp³-hybridized carbons (Fsp3) is 0.500. The van der Waals surface area contributed by atoms with Gasteiger partial charge in [0.05, 0.1) is 8.49 Å². The van der Waals surface area contributed by atoms with E-state index in [1.165, 1.54) is 6.07 Å². The Bertz CT molecular complexity index is 496. The highest BCUT2D eigenvalue weighted by Crippen LogP contribution is 2.32. The average Bonchev–Trinajstić information content (AvgIpc) is 2.32. The zero-order valence-electron chi connectivity index (χ0n) is 11.0. The van der Waals surface area contributed by atoms with Crippen molar-refractivity contribution in [3.63, 3.8) is 0 Å². The Balaban J connectivity index is 3.26. The van der Waals surface area contributed by atoms with Crippen LogP contribution in [0.15, 0.2) is 12.1 Å². The summed E-state index contributed by atoms with van der Waals surface area (Å²) in [5, 5.41) is 14.1. The number of nitro benzene ring substituents is 1. The Morgan fingerprint density at radius 2 is 2.16 bits per heavy atom. The Morgan fingerprint density at radius 3 is 2.58 bits per heavy atom. The Kier molecular flexibility index (Phi) is 5.08. The van der Waals surface area contributed by atoms with Crippen molar-refractivity contribution in [2.24, 2.45) is 11.7 Å². The molecular formula is C12H17FIN3O2. The van der Waals surface area contributed by atoms with Gasteiger partial charge >= 0.3 is 0 Å². The van der Waals surface area contributed by atoms with Crippen LogP contribution in [0.5, 0.6) is 0 Å². The quantitative estimate of drug-likeness (QED) is 0.467. The van der Waals surface area contributed by atoms with Crippen molar-refractivity contribution < 1.29 is 9.31 Å². The summed E-state index contributed by atoms with van der Waals surface area (Å²) >= 11 is 1.73. The lowest BCUT2D eigenvalue weighted by Gasteiger charge is -2.34. The molecule has 0 fully saturated rings. The van der Waals surface area contributed by atoms with Gasteiger partial charge in [-0.2, -0.15) is 0 Å². The van der Waals surface area contributed by atoms with Gasteiger partial charge in [-0.25, -0.2) is 4.39 Å². The van der Waals surface area contributed by atoms with Gasteiger partial charge in [0.1, 0.15) is 11.5 Å². The highest BCUT2D eigenvalue weighted by Gasteiger charge is 2.29. The molecular weight excluding hydrogens is 364 g/mol. The number of halogens is 2. The normalized spacial score (nSPS) is 14.3. The van der Waals surface area contributed by atoms with Gasteiger partial charge in [0, 0.05) is 24.2 Å². The molecule has 0 amide bonds. The first-order valence-electron chi connectivity index (χ1n) is 5.83. The number of nitro groups is 1. The van der Waals surface area contributed by atoms with E-state index in [0.29, 0.717) is 0 Å². The highest BCUT2D eigenvalue weighted by atomic mass is 127. The van der Waals surface area contributed by atoms with Crippen LogP contribution in [0.3, 0.4) is 0 Å². The minimum absolute atomic E-state index is 0.138. The van der Waals surface area contributed by atoms with Crippen LogP contribution in [0.1, 0.15) is 20.8 Å². The Labute approximate surface area is 125 Å². The molecule has 0 heterocycles. The van der Waals surface area contributed by atoms with Crippen LogP contribution in [0, 0.1) is 25.4 Å². The van der Waals surface area contributed by atoms with Crippen LogP contribution in [0.2, 0.25) is 0 Å². The van der Waals surface area contributed by atoms with Crippen LogP contribution in [-0.4, -0.2) is 17.0 Å². The standard InChI is InChI=1S/C12H17FIN3O2/c1-7(2)12(3,6-15)16-10-4-8(13)9(14)5-11(10)17(18)19/h4-5,7,16H,6,15H2,1-3H3. The summed E-state index contributed by atoms with van der Waals surface area (Å²) in [6.45, 7) is 6.05. The third-order valence-electron chi connectivity index (χ3n) is 3.35. The van der Waals surface area contributed by atoms with Crippen molar-refractivity contribution in [3.05, 3.63) is 31.6 Å². The van der Waals surface area contributed by atoms with Crippen molar-refractivity contribution in [2.75, 3.05) is 11.9 Å². The zero-order chi connectivity index (χ0) is 14.8. The lowest BCUT2D eigenvalue weighted by Crippen LogP contribution is -2.47. The summed E-state index contributed by atoms with van der Waals surface area (Å²) < 4.78 is 13.8. The lowest BCUT2D eigenvalue weighted by molar-refractivity contribution is -0.384. The summed E-state index contributed by atoms with van der Waals surface area (Å²) in [6, 6.07) is 2.37. The van der Waals surface area contributed by atoms with E-state index < -0.39 is 16.3 Å². The summed E-state index contributed by atoms with van der Waals surface area (Å²) in [5.41, 5.74) is 5.19. The van der Waals surface area contributed by atoms with Gasteiger partial charge in [0.15, 0.2) is 0 Å². The Morgan fingerprint density at radius 1 is 1.58 bits per heavy atom. The first-order chi connectivity index (χ1) is 8.71. The van der Waals surface area contributed by atoms with Crippen molar-refractivity contribution >= 4 is 34.0 Å². The molecule has 106 valence electrons. The molecule has 0 aliphatic carbocycles. The molecule has 1 aromatic rings. The molecule has 1 unspecified atom stereocenters. The average molecular weight is 381 g/mol. The number of benzene rings is 1. The van der Waals surface area contributed by atoms with E-state index >= 15 is 0 Å². The van der Waals surface area contributed by atoms with Crippen molar-refractivity contribution in [1.29, 1.82) is 0 Å². The first-order valence-corrected chi connectivity index (χ1v) is 6.91. The molecule has 0 spiro atoms. The second kappa shape index (κ2) is 6.00. The maximum atomic E-state index is 13.6. The zero-order valence-corrected chi connectivity index (χ0v) is 13.2. The van der Waals surface area contributed by atoms with E-state index in [9.17, 15) is 14.5 Å². The van der Waals surface area contributed by atoms with E-state index in [1.807, 2.05) is 20.8 Å². The SMILES string of the molecule is CC(C)C(C)(CN)Nc1cc(F)c(I)cc1[N+](=O)[O-]. The monoisotopic (exact) mass is 381 g/mol. The fourth-order valence-corrected chi connectivity index (χ4v) is 1.98. The Hall–Kier alpha value is -0.960. The maximum Gasteiger partial charge on any atom is 0.293 e. The third kappa shape index (κ3) is 3.53. The van der Waals surface area contributed by atoms with E-state index in [4.69, 9.17) is 5.73 Å². The number of nitrogens with zero attached hydrogens (tertiary/aromatic N) is 1. The molecule has 7 heteroatoms. The molecule has 3 N–H and O–H groups in total. The van der Waals surface area contributed by atoms with Crippen LogP contribution in [-0.2, 0) is 0 Å². The summed E-state index contributed by atoms with van der Waals surface area (Å²) in [4.78, 5) is 10.5. The topological polar surface area (TPSA) is 81.2 Å². The molecule has 0 aliphatic rings. The van der Waals surface area contributed by atoms with Gasteiger partial charge in [0.2, 0.25) is 0 Å². The van der Waals surface area contributed by atoms with Crippen molar-refractivity contribution in [3.8, 4) is 0 Å². The van der Waals surface area contributed by atoms with Crippen LogP contribution in [0.4, 0.5) is 15.8 Å². The predicted molar refractivity (Wildman–Crippen MR) is 81.7 cm³/mol. The molecule has 0 saturated carbocycles. The van der Waals surface area contributed by atoms with Gasteiger partial charge in [-0.3, -0.25) is 10.1 Å². The van der Waals surface area contributed by atoms with Gasteiger partial charge in [0.25, 0.3) is 5.69 Å². The molecule has 1 atom stereocenters. The van der Waals surface area contributed by atoms with Gasteiger partial charge in [-0.1, -0.05) is 13.8 Å². The minimum Gasteiger partial charge on any atom is -0.373 e. The van der Waals surface area contributed by atoms with Crippen LogP contribution < -0.4 is 11.1 Å². The number of hydrogen-bond donors (Lipinski definition) is 2. The second-order valence-corrected chi connectivity index (χ2v) is 6.10. The van der Waals surface area contributed by atoms with Crippen LogP contribution >= 0.6 is 22.6 Å². The van der Waals surface area contributed by atoms with Crippen molar-refractivity contribution in [1.82, 2.24) is 0 Å². The molecule has 5 nitrogen and oxygen atoms in total. The van der Waals surface area contributed by atoms with E-state index in [2.05, 4.69) is 5.32 Å². The smallest absolute Gasteiger partial charge is 0.293 e. The predicted octanol–water partition coefficient (Wildman–Crippen LogP) is 3.12. The number of anilines is 1. The van der Waals surface area contributed by atoms with Gasteiger partial charge < -0.3 is 11.1 Å². The van der Waals surface area contributed by atoms with E-state index in [1.54, 1.807) is 22.6 Å². The molecule has 19 heavy (non-hydrogen) atoms. The minimum atomic E-state index is -0.538. The first kappa shape index (κ1) is 16.1.